The minimum Gasteiger partial charge on any atom is -0.437 e. The van der Waals surface area contributed by atoms with Crippen LogP contribution in [-0.2, 0) is 11.2 Å². The summed E-state index contributed by atoms with van der Waals surface area (Å²) >= 11 is 0. The molecule has 4 aliphatic heterocycles. The van der Waals surface area contributed by atoms with Crippen LogP contribution >= 0.6 is 0 Å². The van der Waals surface area contributed by atoms with Crippen LogP contribution in [0.15, 0.2) is 54.6 Å². The van der Waals surface area contributed by atoms with E-state index < -0.39 is 5.60 Å². The zero-order valence-electron chi connectivity index (χ0n) is 17.0. The summed E-state index contributed by atoms with van der Waals surface area (Å²) in [6, 6.07) is 18.4. The molecule has 0 unspecified atom stereocenters. The van der Waals surface area contributed by atoms with Gasteiger partial charge in [-0.05, 0) is 30.0 Å². The van der Waals surface area contributed by atoms with Gasteiger partial charge in [0.15, 0.2) is 5.60 Å². The van der Waals surface area contributed by atoms with Crippen molar-refractivity contribution < 1.29 is 19.4 Å². The van der Waals surface area contributed by atoms with Crippen LogP contribution in [0, 0.1) is 5.92 Å². The fourth-order valence-corrected chi connectivity index (χ4v) is 5.66. The monoisotopic (exact) mass is 393 g/mol. The maximum Gasteiger partial charge on any atom is 0.411 e. The molecule has 1 N–H and O–H groups in total. The molecule has 0 radical (unpaired) electrons. The third-order valence-electron chi connectivity index (χ3n) is 7.21. The van der Waals surface area contributed by atoms with Gasteiger partial charge in [-0.15, -0.1) is 0 Å². The maximum atomic E-state index is 13.5. The van der Waals surface area contributed by atoms with E-state index in [4.69, 9.17) is 4.74 Å². The van der Waals surface area contributed by atoms with Gasteiger partial charge in [-0.2, -0.15) is 4.65 Å². The Hall–Kier alpha value is -2.37. The lowest BCUT2D eigenvalue weighted by Crippen LogP contribution is -2.68. The summed E-state index contributed by atoms with van der Waals surface area (Å²) in [5.74, 6) is 0.325. The van der Waals surface area contributed by atoms with Crippen LogP contribution in [0.5, 0.6) is 0 Å². The van der Waals surface area contributed by atoms with E-state index in [-0.39, 0.29) is 16.8 Å². The van der Waals surface area contributed by atoms with Crippen molar-refractivity contribution in [2.45, 2.75) is 37.8 Å². The Kier molecular flexibility index (Phi) is 4.41. The summed E-state index contributed by atoms with van der Waals surface area (Å²) in [7, 11) is 0. The number of piperidine rings is 3. The molecule has 5 nitrogen and oxygen atoms in total. The summed E-state index contributed by atoms with van der Waals surface area (Å²) in [5.41, 5.74) is 2.95. The van der Waals surface area contributed by atoms with Crippen LogP contribution in [0.1, 0.15) is 42.5 Å². The molecule has 0 aromatic heterocycles. The summed E-state index contributed by atoms with van der Waals surface area (Å²) in [4.78, 5) is 15.3. The smallest absolute Gasteiger partial charge is 0.411 e. The molecule has 2 atom stereocenters. The summed E-state index contributed by atoms with van der Waals surface area (Å²) in [6.07, 6.45) is 2.38. The number of hydrogen-bond acceptors (Lipinski definition) is 3. The van der Waals surface area contributed by atoms with E-state index in [9.17, 15) is 10.0 Å². The highest BCUT2D eigenvalue weighted by atomic mass is 16.6. The molecule has 1 amide bonds. The van der Waals surface area contributed by atoms with E-state index in [2.05, 4.69) is 30.3 Å². The zero-order valence-corrected chi connectivity index (χ0v) is 17.0. The van der Waals surface area contributed by atoms with Crippen LogP contribution in [0.4, 0.5) is 4.79 Å². The van der Waals surface area contributed by atoms with Crippen molar-refractivity contribution in [3.63, 3.8) is 0 Å². The molecule has 4 aliphatic rings. The largest absolute Gasteiger partial charge is 0.437 e. The van der Waals surface area contributed by atoms with Crippen molar-refractivity contribution in [2.24, 2.45) is 5.92 Å². The van der Waals surface area contributed by atoms with E-state index >= 15 is 0 Å². The Morgan fingerprint density at radius 3 is 2.52 bits per heavy atom. The Morgan fingerprint density at radius 2 is 1.79 bits per heavy atom. The lowest BCUT2D eigenvalue weighted by Gasteiger charge is -2.52. The summed E-state index contributed by atoms with van der Waals surface area (Å²) in [5, 5.41) is 10.8. The second kappa shape index (κ2) is 6.85. The molecule has 3 saturated heterocycles. The van der Waals surface area contributed by atoms with Gasteiger partial charge in [0.2, 0.25) is 0 Å². The maximum absolute atomic E-state index is 13.5. The first-order chi connectivity index (χ1) is 14.0. The Balaban J connectivity index is 1.46. The number of carbonyl (C=O) groups excluding carboxylic acids is 1. The normalized spacial score (nSPS) is 33.2. The highest BCUT2D eigenvalue weighted by Gasteiger charge is 2.56. The van der Waals surface area contributed by atoms with Gasteiger partial charge >= 0.3 is 6.09 Å². The number of quaternary nitrogens is 1. The molecule has 0 saturated carbocycles. The van der Waals surface area contributed by atoms with Crippen molar-refractivity contribution >= 4 is 6.09 Å². The van der Waals surface area contributed by atoms with Gasteiger partial charge in [-0.25, -0.2) is 10.0 Å². The van der Waals surface area contributed by atoms with Crippen molar-refractivity contribution in [1.82, 2.24) is 4.90 Å². The van der Waals surface area contributed by atoms with E-state index in [1.807, 2.05) is 36.1 Å². The topological polar surface area (TPSA) is 49.8 Å². The van der Waals surface area contributed by atoms with Gasteiger partial charge in [-0.3, -0.25) is 4.90 Å². The van der Waals surface area contributed by atoms with Gasteiger partial charge < -0.3 is 4.74 Å². The molecule has 3 fully saturated rings. The number of amides is 1. The molecule has 2 aromatic rings. The van der Waals surface area contributed by atoms with Crippen molar-refractivity contribution in [3.8, 4) is 0 Å². The average Bonchev–Trinajstić information content (AvgIpc) is 2.73. The number of carbonyl (C=O) groups is 1. The highest BCUT2D eigenvalue weighted by molar-refractivity contribution is 5.70. The number of nitrogens with zero attached hydrogens (tertiary/aromatic N) is 2. The number of hydroxylamine groups is 3. The third kappa shape index (κ3) is 3.22. The Bertz CT molecular complexity index is 907. The lowest BCUT2D eigenvalue weighted by atomic mass is 9.76. The first-order valence-corrected chi connectivity index (χ1v) is 10.7. The predicted molar refractivity (Wildman–Crippen MR) is 109 cm³/mol. The summed E-state index contributed by atoms with van der Waals surface area (Å²) < 4.78 is 6.23. The molecule has 4 heterocycles. The second-order valence-electron chi connectivity index (χ2n) is 9.11. The molecule has 6 rings (SSSR count). The quantitative estimate of drug-likeness (QED) is 0.780. The van der Waals surface area contributed by atoms with E-state index in [0.717, 1.165) is 37.9 Å². The van der Waals surface area contributed by atoms with E-state index in [1.165, 1.54) is 11.1 Å². The van der Waals surface area contributed by atoms with Crippen molar-refractivity contribution in [2.75, 3.05) is 26.2 Å². The van der Waals surface area contributed by atoms with E-state index in [1.54, 1.807) is 0 Å². The van der Waals surface area contributed by atoms with Gasteiger partial charge in [0.25, 0.3) is 0 Å². The first-order valence-electron chi connectivity index (χ1n) is 10.7. The number of fused-ring (bicyclic) bond motifs is 4. The predicted octanol–water partition coefficient (Wildman–Crippen LogP) is 4.16. The minimum atomic E-state index is -0.611. The van der Waals surface area contributed by atoms with Gasteiger partial charge in [0.05, 0.1) is 6.04 Å². The molecule has 152 valence electrons. The van der Waals surface area contributed by atoms with E-state index in [0.29, 0.717) is 19.0 Å². The van der Waals surface area contributed by atoms with Gasteiger partial charge in [0, 0.05) is 25.3 Å². The molecular weight excluding hydrogens is 364 g/mol. The van der Waals surface area contributed by atoms with Gasteiger partial charge in [-0.1, -0.05) is 54.6 Å². The van der Waals surface area contributed by atoms with Crippen LogP contribution in [0.3, 0.4) is 0 Å². The molecule has 0 spiro atoms. The second-order valence-corrected chi connectivity index (χ2v) is 9.11. The van der Waals surface area contributed by atoms with Crippen LogP contribution in [0.2, 0.25) is 0 Å². The first kappa shape index (κ1) is 18.6. The molecular formula is C24H29N2O3+. The van der Waals surface area contributed by atoms with Crippen molar-refractivity contribution in [1.29, 1.82) is 0 Å². The average molecular weight is 394 g/mol. The molecule has 2 bridgehead atoms. The zero-order chi connectivity index (χ0) is 20.1. The standard InChI is InChI=1S/C24H29N2O3/c1-24(17-26(28)15-12-20(24)13-16-26)29-23(27)25-14-11-18-7-5-6-10-21(18)22(25)19-8-3-2-4-9-19/h2-10,20,22,28H,11-17H2,1H3/q+1/t20?,22-,24-,26?/m0/s1. The fraction of sp³-hybridized carbons (Fsp3) is 0.458. The van der Waals surface area contributed by atoms with Crippen LogP contribution < -0.4 is 0 Å². The highest BCUT2D eigenvalue weighted by Crippen LogP contribution is 2.43. The lowest BCUT2D eigenvalue weighted by molar-refractivity contribution is -1.12. The van der Waals surface area contributed by atoms with Crippen LogP contribution in [0.25, 0.3) is 0 Å². The summed E-state index contributed by atoms with van der Waals surface area (Å²) in [6.45, 7) is 4.66. The molecule has 2 aromatic carbocycles. The fourth-order valence-electron chi connectivity index (χ4n) is 5.66. The SMILES string of the molecule is C[C@]1(OC(=O)N2CCc3ccccc3[C@@H]2c2ccccc2)C[N+]2(O)CCC1CC2. The minimum absolute atomic E-state index is 0.0330. The Labute approximate surface area is 172 Å². The molecule has 5 heteroatoms. The number of ether oxygens (including phenoxy) is 1. The number of hydrogen-bond donors (Lipinski definition) is 1. The van der Waals surface area contributed by atoms with Crippen LogP contribution in [-0.4, -0.2) is 52.6 Å². The molecule has 0 aliphatic carbocycles. The third-order valence-corrected chi connectivity index (χ3v) is 7.21. The Morgan fingerprint density at radius 1 is 1.10 bits per heavy atom. The molecule has 29 heavy (non-hydrogen) atoms. The number of benzene rings is 2. The van der Waals surface area contributed by atoms with Crippen molar-refractivity contribution in [3.05, 3.63) is 71.3 Å². The van der Waals surface area contributed by atoms with Gasteiger partial charge in [0.1, 0.15) is 19.6 Å². The number of rotatable bonds is 2.